The molecule has 2 aromatic heterocycles. The Labute approximate surface area is 150 Å². The number of carbonyl (C=O) groups is 1. The van der Waals surface area contributed by atoms with Gasteiger partial charge in [-0.3, -0.25) is 9.78 Å². The van der Waals surface area contributed by atoms with Crippen LogP contribution in [0.3, 0.4) is 0 Å². The lowest BCUT2D eigenvalue weighted by molar-refractivity contribution is -0.274. The van der Waals surface area contributed by atoms with Crippen LogP contribution in [-0.2, 0) is 11.2 Å². The first-order chi connectivity index (χ1) is 12.4. The average Bonchev–Trinajstić information content (AvgIpc) is 3.04. The number of nitrogens with zero attached hydrogens (tertiary/aromatic N) is 2. The van der Waals surface area contributed by atoms with E-state index in [2.05, 4.69) is 20.0 Å². The van der Waals surface area contributed by atoms with Crippen LogP contribution in [0, 0.1) is 0 Å². The molecule has 9 heteroatoms. The third-order valence-corrected chi connectivity index (χ3v) is 4.01. The summed E-state index contributed by atoms with van der Waals surface area (Å²) >= 11 is 1.28. The van der Waals surface area contributed by atoms with Crippen molar-refractivity contribution in [2.45, 2.75) is 12.8 Å². The number of anilines is 1. The molecule has 0 saturated carbocycles. The number of thiazole rings is 1. The van der Waals surface area contributed by atoms with Gasteiger partial charge < -0.3 is 10.1 Å². The Morgan fingerprint density at radius 3 is 2.46 bits per heavy atom. The van der Waals surface area contributed by atoms with Gasteiger partial charge in [0.2, 0.25) is 5.91 Å². The number of alkyl halides is 3. The molecule has 1 aromatic carbocycles. The largest absolute Gasteiger partial charge is 0.573 e. The van der Waals surface area contributed by atoms with Crippen LogP contribution in [0.4, 0.5) is 18.3 Å². The molecule has 0 aliphatic carbocycles. The quantitative estimate of drug-likeness (QED) is 0.719. The zero-order chi connectivity index (χ0) is 18.6. The summed E-state index contributed by atoms with van der Waals surface area (Å²) in [5.74, 6) is -0.645. The summed E-state index contributed by atoms with van der Waals surface area (Å²) < 4.78 is 40.2. The van der Waals surface area contributed by atoms with Gasteiger partial charge >= 0.3 is 6.36 Å². The number of carbonyl (C=O) groups excluding carboxylic acids is 1. The molecule has 0 fully saturated rings. The van der Waals surface area contributed by atoms with Crippen molar-refractivity contribution in [3.63, 3.8) is 0 Å². The lowest BCUT2D eigenvalue weighted by atomic mass is 10.1. The SMILES string of the molecule is O=C(Cc1ccc(OC(F)(F)F)cc1)Nc1nc(-c2ccncc2)cs1. The van der Waals surface area contributed by atoms with Crippen molar-refractivity contribution >= 4 is 22.4 Å². The molecule has 1 amide bonds. The first kappa shape index (κ1) is 17.9. The smallest absolute Gasteiger partial charge is 0.406 e. The molecule has 0 saturated heterocycles. The number of ether oxygens (including phenoxy) is 1. The number of hydrogen-bond acceptors (Lipinski definition) is 5. The summed E-state index contributed by atoms with van der Waals surface area (Å²) in [6.07, 6.45) is -1.43. The summed E-state index contributed by atoms with van der Waals surface area (Å²) in [4.78, 5) is 20.3. The van der Waals surface area contributed by atoms with Gasteiger partial charge in [-0.15, -0.1) is 24.5 Å². The number of aromatic nitrogens is 2. The maximum Gasteiger partial charge on any atom is 0.573 e. The van der Waals surface area contributed by atoms with Crippen LogP contribution in [-0.4, -0.2) is 22.2 Å². The molecule has 0 unspecified atom stereocenters. The van der Waals surface area contributed by atoms with E-state index < -0.39 is 6.36 Å². The minimum absolute atomic E-state index is 0.0104. The topological polar surface area (TPSA) is 64.1 Å². The Bertz CT molecular complexity index is 880. The summed E-state index contributed by atoms with van der Waals surface area (Å²) in [7, 11) is 0. The summed E-state index contributed by atoms with van der Waals surface area (Å²) in [5.41, 5.74) is 2.17. The predicted molar refractivity (Wildman–Crippen MR) is 90.8 cm³/mol. The minimum atomic E-state index is -4.74. The second-order valence-electron chi connectivity index (χ2n) is 5.19. The summed E-state index contributed by atoms with van der Waals surface area (Å²) in [5, 5.41) is 4.93. The van der Waals surface area contributed by atoms with E-state index in [9.17, 15) is 18.0 Å². The van der Waals surface area contributed by atoms with E-state index in [0.29, 0.717) is 10.7 Å². The lowest BCUT2D eigenvalue weighted by Gasteiger charge is -2.09. The highest BCUT2D eigenvalue weighted by Gasteiger charge is 2.30. The molecule has 134 valence electrons. The van der Waals surface area contributed by atoms with Crippen molar-refractivity contribution < 1.29 is 22.7 Å². The fourth-order valence-electron chi connectivity index (χ4n) is 2.14. The molecule has 5 nitrogen and oxygen atoms in total. The zero-order valence-corrected chi connectivity index (χ0v) is 14.0. The lowest BCUT2D eigenvalue weighted by Crippen LogP contribution is -2.17. The highest BCUT2D eigenvalue weighted by molar-refractivity contribution is 7.14. The maximum absolute atomic E-state index is 12.1. The first-order valence-electron chi connectivity index (χ1n) is 7.39. The number of hydrogen-bond donors (Lipinski definition) is 1. The van der Waals surface area contributed by atoms with E-state index in [-0.39, 0.29) is 18.1 Å². The van der Waals surface area contributed by atoms with Crippen molar-refractivity contribution in [3.05, 3.63) is 59.7 Å². The number of halogens is 3. The van der Waals surface area contributed by atoms with Crippen molar-refractivity contribution in [1.29, 1.82) is 0 Å². The highest BCUT2D eigenvalue weighted by atomic mass is 32.1. The second-order valence-corrected chi connectivity index (χ2v) is 6.05. The van der Waals surface area contributed by atoms with Crippen molar-refractivity contribution in [1.82, 2.24) is 9.97 Å². The van der Waals surface area contributed by atoms with Crippen molar-refractivity contribution in [2.75, 3.05) is 5.32 Å². The monoisotopic (exact) mass is 379 g/mol. The summed E-state index contributed by atoms with van der Waals surface area (Å²) in [6.45, 7) is 0. The van der Waals surface area contributed by atoms with Gasteiger partial charge in [-0.25, -0.2) is 4.98 Å². The highest BCUT2D eigenvalue weighted by Crippen LogP contribution is 2.25. The number of amides is 1. The van der Waals surface area contributed by atoms with E-state index in [1.165, 1.54) is 35.6 Å². The van der Waals surface area contributed by atoms with Crippen LogP contribution in [0.2, 0.25) is 0 Å². The molecule has 3 rings (SSSR count). The molecule has 0 atom stereocenters. The van der Waals surface area contributed by atoms with Crippen LogP contribution in [0.1, 0.15) is 5.56 Å². The van der Waals surface area contributed by atoms with E-state index >= 15 is 0 Å². The number of pyridine rings is 1. The maximum atomic E-state index is 12.1. The van der Waals surface area contributed by atoms with Gasteiger partial charge in [-0.1, -0.05) is 12.1 Å². The number of benzene rings is 1. The number of rotatable bonds is 5. The molecule has 0 bridgehead atoms. The Morgan fingerprint density at radius 1 is 1.12 bits per heavy atom. The zero-order valence-electron chi connectivity index (χ0n) is 13.2. The van der Waals surface area contributed by atoms with Crippen LogP contribution in [0.15, 0.2) is 54.2 Å². The third kappa shape index (κ3) is 5.03. The Kier molecular flexibility index (Phi) is 5.17. The van der Waals surface area contributed by atoms with E-state index in [1.54, 1.807) is 12.4 Å². The molecule has 2 heterocycles. The molecule has 0 spiro atoms. The molecule has 1 N–H and O–H groups in total. The Morgan fingerprint density at radius 2 is 1.81 bits per heavy atom. The van der Waals surface area contributed by atoms with Gasteiger partial charge in [0.05, 0.1) is 12.1 Å². The van der Waals surface area contributed by atoms with Crippen molar-refractivity contribution in [2.24, 2.45) is 0 Å². The fourth-order valence-corrected chi connectivity index (χ4v) is 2.88. The van der Waals surface area contributed by atoms with Crippen LogP contribution in [0.5, 0.6) is 5.75 Å². The third-order valence-electron chi connectivity index (χ3n) is 3.25. The van der Waals surface area contributed by atoms with Crippen molar-refractivity contribution in [3.8, 4) is 17.0 Å². The normalized spacial score (nSPS) is 11.2. The minimum Gasteiger partial charge on any atom is -0.406 e. The molecule has 26 heavy (non-hydrogen) atoms. The molecule has 0 aliphatic heterocycles. The van der Waals surface area contributed by atoms with Gasteiger partial charge in [0.1, 0.15) is 5.75 Å². The molecule has 0 aliphatic rings. The van der Waals surface area contributed by atoms with Crippen LogP contribution >= 0.6 is 11.3 Å². The Balaban J connectivity index is 1.58. The van der Waals surface area contributed by atoms with E-state index in [1.807, 2.05) is 17.5 Å². The van der Waals surface area contributed by atoms with Gasteiger partial charge in [-0.2, -0.15) is 0 Å². The van der Waals surface area contributed by atoms with E-state index in [0.717, 1.165) is 11.3 Å². The molecule has 0 radical (unpaired) electrons. The predicted octanol–water partition coefficient (Wildman–Crippen LogP) is 4.28. The molecular formula is C17H12F3N3O2S. The fraction of sp³-hybridized carbons (Fsp3) is 0.118. The van der Waals surface area contributed by atoms with Gasteiger partial charge in [0.25, 0.3) is 0 Å². The van der Waals surface area contributed by atoms with Crippen LogP contribution in [0.25, 0.3) is 11.3 Å². The van der Waals surface area contributed by atoms with Gasteiger partial charge in [-0.05, 0) is 29.8 Å². The second kappa shape index (κ2) is 7.52. The van der Waals surface area contributed by atoms with Gasteiger partial charge in [0, 0.05) is 23.3 Å². The summed E-state index contributed by atoms with van der Waals surface area (Å²) in [6, 6.07) is 8.77. The van der Waals surface area contributed by atoms with E-state index in [4.69, 9.17) is 0 Å². The average molecular weight is 379 g/mol. The van der Waals surface area contributed by atoms with Crippen LogP contribution < -0.4 is 10.1 Å². The molecule has 3 aromatic rings. The Hall–Kier alpha value is -2.94. The molecular weight excluding hydrogens is 367 g/mol. The standard InChI is InChI=1S/C17H12F3N3O2S/c18-17(19,20)25-13-3-1-11(2-4-13)9-15(24)23-16-22-14(10-26-16)12-5-7-21-8-6-12/h1-8,10H,9H2,(H,22,23,24). The van der Waals surface area contributed by atoms with Gasteiger partial charge in [0.15, 0.2) is 5.13 Å². The first-order valence-corrected chi connectivity index (χ1v) is 8.27. The number of nitrogens with one attached hydrogen (secondary N) is 1.